The number of benzene rings is 1. The highest BCUT2D eigenvalue weighted by atomic mass is 79.9. The summed E-state index contributed by atoms with van der Waals surface area (Å²) in [6, 6.07) is 4.51. The van der Waals surface area contributed by atoms with Crippen molar-refractivity contribution in [1.29, 1.82) is 0 Å². The van der Waals surface area contributed by atoms with Crippen molar-refractivity contribution in [3.8, 4) is 11.8 Å². The zero-order chi connectivity index (χ0) is 12.0. The highest BCUT2D eigenvalue weighted by molar-refractivity contribution is 9.10. The molecule has 0 saturated heterocycles. The molecule has 0 heterocycles. The van der Waals surface area contributed by atoms with Gasteiger partial charge in [0.25, 0.3) is 0 Å². The van der Waals surface area contributed by atoms with E-state index >= 15 is 0 Å². The summed E-state index contributed by atoms with van der Waals surface area (Å²) in [6.07, 6.45) is 2.06. The third-order valence-corrected chi connectivity index (χ3v) is 2.39. The van der Waals surface area contributed by atoms with Crippen molar-refractivity contribution >= 4 is 15.9 Å². The van der Waals surface area contributed by atoms with Crippen LogP contribution in [0.15, 0.2) is 35.3 Å². The predicted molar refractivity (Wildman–Crippen MR) is 66.4 cm³/mol. The van der Waals surface area contributed by atoms with E-state index in [1.165, 1.54) is 18.2 Å². The second-order valence-corrected chi connectivity index (χ2v) is 4.22. The van der Waals surface area contributed by atoms with E-state index in [4.69, 9.17) is 0 Å². The smallest absolute Gasteiger partial charge is 0.125 e. The Morgan fingerprint density at radius 1 is 1.50 bits per heavy atom. The van der Waals surface area contributed by atoms with Gasteiger partial charge in [-0.3, -0.25) is 0 Å². The van der Waals surface area contributed by atoms with Crippen LogP contribution in [0.2, 0.25) is 0 Å². The van der Waals surface area contributed by atoms with Gasteiger partial charge in [0.2, 0.25) is 0 Å². The van der Waals surface area contributed by atoms with E-state index in [1.807, 2.05) is 0 Å². The molecule has 84 valence electrons. The summed E-state index contributed by atoms with van der Waals surface area (Å²) in [5.41, 5.74) is 0.625. The van der Waals surface area contributed by atoms with Gasteiger partial charge in [-0.1, -0.05) is 33.8 Å². The molecule has 0 aromatic heterocycles. The van der Waals surface area contributed by atoms with Crippen LogP contribution in [0.25, 0.3) is 0 Å². The van der Waals surface area contributed by atoms with E-state index in [-0.39, 0.29) is 5.82 Å². The zero-order valence-electron chi connectivity index (χ0n) is 8.71. The SMILES string of the molecule is C=CC(O)CCC#Cc1cc(F)cc(Br)c1. The number of aliphatic hydroxyl groups is 1. The van der Waals surface area contributed by atoms with Crippen molar-refractivity contribution in [2.24, 2.45) is 0 Å². The Morgan fingerprint density at radius 2 is 2.25 bits per heavy atom. The summed E-state index contributed by atoms with van der Waals surface area (Å²) in [7, 11) is 0. The molecule has 0 aliphatic rings. The summed E-state index contributed by atoms with van der Waals surface area (Å²) < 4.78 is 13.6. The van der Waals surface area contributed by atoms with Crippen LogP contribution >= 0.6 is 15.9 Å². The van der Waals surface area contributed by atoms with Crippen molar-refractivity contribution in [3.63, 3.8) is 0 Å². The van der Waals surface area contributed by atoms with E-state index < -0.39 is 6.10 Å². The van der Waals surface area contributed by atoms with Crippen LogP contribution in [0.1, 0.15) is 18.4 Å². The Morgan fingerprint density at radius 3 is 2.88 bits per heavy atom. The summed E-state index contributed by atoms with van der Waals surface area (Å²) in [5.74, 6) is 5.40. The second kappa shape index (κ2) is 6.47. The molecule has 0 fully saturated rings. The predicted octanol–water partition coefficient (Wildman–Crippen LogP) is 3.27. The van der Waals surface area contributed by atoms with Gasteiger partial charge in [-0.15, -0.1) is 6.58 Å². The van der Waals surface area contributed by atoms with E-state index in [9.17, 15) is 9.50 Å². The van der Waals surface area contributed by atoms with Crippen LogP contribution in [0.4, 0.5) is 4.39 Å². The molecule has 1 nitrogen and oxygen atoms in total. The standard InChI is InChI=1S/C13H12BrFO/c1-2-13(16)6-4-3-5-10-7-11(14)9-12(15)8-10/h2,7-9,13,16H,1,4,6H2. The minimum Gasteiger partial charge on any atom is -0.389 e. The van der Waals surface area contributed by atoms with Crippen LogP contribution in [0.5, 0.6) is 0 Å². The van der Waals surface area contributed by atoms with Gasteiger partial charge in [0.15, 0.2) is 0 Å². The van der Waals surface area contributed by atoms with Crippen LogP contribution in [0, 0.1) is 17.7 Å². The van der Waals surface area contributed by atoms with Gasteiger partial charge in [-0.2, -0.15) is 0 Å². The fourth-order valence-corrected chi connectivity index (χ4v) is 1.59. The van der Waals surface area contributed by atoms with Gasteiger partial charge < -0.3 is 5.11 Å². The second-order valence-electron chi connectivity index (χ2n) is 3.30. The molecule has 0 radical (unpaired) electrons. The van der Waals surface area contributed by atoms with Gasteiger partial charge in [-0.25, -0.2) is 4.39 Å². The first-order valence-corrected chi connectivity index (χ1v) is 5.66. The first kappa shape index (κ1) is 13.0. The molecule has 1 rings (SSSR count). The average molecular weight is 283 g/mol. The van der Waals surface area contributed by atoms with Gasteiger partial charge in [0.05, 0.1) is 6.10 Å². The summed E-state index contributed by atoms with van der Waals surface area (Å²) in [5, 5.41) is 9.19. The molecule has 1 unspecified atom stereocenters. The number of hydrogen-bond acceptors (Lipinski definition) is 1. The summed E-state index contributed by atoms with van der Waals surface area (Å²) >= 11 is 3.20. The molecule has 0 aliphatic carbocycles. The molecule has 1 aromatic rings. The maximum Gasteiger partial charge on any atom is 0.125 e. The average Bonchev–Trinajstić information content (AvgIpc) is 2.22. The first-order valence-electron chi connectivity index (χ1n) is 4.87. The lowest BCUT2D eigenvalue weighted by atomic mass is 10.2. The van der Waals surface area contributed by atoms with Gasteiger partial charge in [0.1, 0.15) is 5.82 Å². The van der Waals surface area contributed by atoms with Crippen molar-refractivity contribution < 1.29 is 9.50 Å². The Hall–Kier alpha value is -1.11. The Labute approximate surface area is 103 Å². The van der Waals surface area contributed by atoms with Crippen LogP contribution < -0.4 is 0 Å². The minimum atomic E-state index is -0.520. The molecule has 1 atom stereocenters. The van der Waals surface area contributed by atoms with E-state index in [0.29, 0.717) is 22.9 Å². The highest BCUT2D eigenvalue weighted by Crippen LogP contribution is 2.14. The van der Waals surface area contributed by atoms with Crippen molar-refractivity contribution in [2.75, 3.05) is 0 Å². The maximum absolute atomic E-state index is 13.0. The fourth-order valence-electron chi connectivity index (χ4n) is 1.13. The van der Waals surface area contributed by atoms with Crippen molar-refractivity contribution in [1.82, 2.24) is 0 Å². The minimum absolute atomic E-state index is 0.315. The van der Waals surface area contributed by atoms with Crippen molar-refractivity contribution in [3.05, 3.63) is 46.7 Å². The van der Waals surface area contributed by atoms with Gasteiger partial charge in [0, 0.05) is 16.5 Å². The topological polar surface area (TPSA) is 20.2 Å². The lowest BCUT2D eigenvalue weighted by molar-refractivity contribution is 0.215. The van der Waals surface area contributed by atoms with Crippen LogP contribution in [-0.4, -0.2) is 11.2 Å². The normalized spacial score (nSPS) is 11.4. The van der Waals surface area contributed by atoms with Crippen molar-refractivity contribution in [2.45, 2.75) is 18.9 Å². The van der Waals surface area contributed by atoms with E-state index in [1.54, 1.807) is 6.07 Å². The number of aliphatic hydroxyl groups excluding tert-OH is 1. The highest BCUT2D eigenvalue weighted by Gasteiger charge is 1.96. The molecule has 0 amide bonds. The molecule has 1 aromatic carbocycles. The Kier molecular flexibility index (Phi) is 5.24. The Bertz CT molecular complexity index is 411. The maximum atomic E-state index is 13.0. The molecule has 0 bridgehead atoms. The van der Waals surface area contributed by atoms with E-state index in [0.717, 1.165) is 0 Å². The summed E-state index contributed by atoms with van der Waals surface area (Å²) in [4.78, 5) is 0. The largest absolute Gasteiger partial charge is 0.389 e. The lowest BCUT2D eigenvalue weighted by Gasteiger charge is -1.98. The zero-order valence-corrected chi connectivity index (χ0v) is 10.3. The monoisotopic (exact) mass is 282 g/mol. The number of rotatable bonds is 3. The molecule has 16 heavy (non-hydrogen) atoms. The molecule has 1 N–H and O–H groups in total. The third-order valence-electron chi connectivity index (χ3n) is 1.93. The quantitative estimate of drug-likeness (QED) is 0.667. The van der Waals surface area contributed by atoms with Crippen LogP contribution in [0.3, 0.4) is 0 Å². The third kappa shape index (κ3) is 4.61. The lowest BCUT2D eigenvalue weighted by Crippen LogP contribution is -1.99. The van der Waals surface area contributed by atoms with E-state index in [2.05, 4.69) is 34.3 Å². The Balaban J connectivity index is 2.59. The molecule has 0 aliphatic heterocycles. The fraction of sp³-hybridized carbons (Fsp3) is 0.231. The first-order chi connectivity index (χ1) is 7.61. The van der Waals surface area contributed by atoms with Crippen LogP contribution in [-0.2, 0) is 0 Å². The molecule has 0 spiro atoms. The van der Waals surface area contributed by atoms with Gasteiger partial charge >= 0.3 is 0 Å². The summed E-state index contributed by atoms with van der Waals surface area (Å²) in [6.45, 7) is 3.47. The number of halogens is 2. The number of hydrogen-bond donors (Lipinski definition) is 1. The molecular weight excluding hydrogens is 271 g/mol. The van der Waals surface area contributed by atoms with Gasteiger partial charge in [-0.05, 0) is 24.6 Å². The molecule has 0 saturated carbocycles. The molecule has 3 heteroatoms. The molecular formula is C13H12BrFO.